The maximum absolute atomic E-state index is 13.9. The Hall–Kier alpha value is -3.99. The third kappa shape index (κ3) is 5.38. The molecule has 2 N–H and O–H groups in total. The smallest absolute Gasteiger partial charge is 0.336 e. The van der Waals surface area contributed by atoms with Crippen molar-refractivity contribution in [2.24, 2.45) is 4.99 Å². The topological polar surface area (TPSA) is 142 Å². The number of amides is 1. The molecule has 1 aromatic heterocycles. The Bertz CT molecular complexity index is 1640. The Morgan fingerprint density at radius 2 is 1.85 bits per heavy atom. The lowest BCUT2D eigenvalue weighted by Gasteiger charge is -2.23. The van der Waals surface area contributed by atoms with Crippen LogP contribution in [0, 0.1) is 13.8 Å². The molecule has 2 heterocycles. The number of carbonyl (C=O) groups excluding carboxylic acids is 1. The van der Waals surface area contributed by atoms with Gasteiger partial charge in [-0.05, 0) is 56.4 Å². The number of unbranched alkanes of at least 4 members (excludes halogenated alkanes) is 1. The van der Waals surface area contributed by atoms with Gasteiger partial charge in [-0.1, -0.05) is 61.7 Å². The highest BCUT2D eigenvalue weighted by molar-refractivity contribution is 7.92. The number of aliphatic imine (C=N–C) groups is 1. The molecule has 3 aromatic rings. The van der Waals surface area contributed by atoms with Crippen LogP contribution in [-0.4, -0.2) is 46.8 Å². The number of aromatic carboxylic acids is 1. The fraction of sp³-hybridized carbons (Fsp3) is 0.400. The van der Waals surface area contributed by atoms with Gasteiger partial charge in [0.05, 0.1) is 17.0 Å². The van der Waals surface area contributed by atoms with E-state index in [2.05, 4.69) is 16.8 Å². The Morgan fingerprint density at radius 1 is 1.12 bits per heavy atom. The normalized spacial score (nSPS) is 16.4. The predicted octanol–water partition coefficient (Wildman–Crippen LogP) is 5.70. The summed E-state index contributed by atoms with van der Waals surface area (Å²) in [7, 11) is -4.26. The van der Waals surface area contributed by atoms with Crippen LogP contribution in [0.2, 0.25) is 0 Å². The van der Waals surface area contributed by atoms with Crippen molar-refractivity contribution in [3.63, 3.8) is 0 Å². The van der Waals surface area contributed by atoms with Crippen molar-refractivity contribution in [3.8, 4) is 11.1 Å². The first-order valence-electron chi connectivity index (χ1n) is 13.9. The molecule has 5 rings (SSSR count). The lowest BCUT2D eigenvalue weighted by molar-refractivity contribution is -0.131. The zero-order valence-electron chi connectivity index (χ0n) is 23.4. The van der Waals surface area contributed by atoms with Crippen molar-refractivity contribution in [2.75, 3.05) is 4.72 Å². The second-order valence-electron chi connectivity index (χ2n) is 10.8. The second-order valence-corrected chi connectivity index (χ2v) is 12.4. The number of carbonyl (C=O) groups is 2. The molecule has 1 fully saturated rings. The molecule has 1 spiro atoms. The van der Waals surface area contributed by atoms with E-state index in [0.717, 1.165) is 44.4 Å². The minimum absolute atomic E-state index is 0.0300. The number of benzene rings is 2. The van der Waals surface area contributed by atoms with Gasteiger partial charge in [0.1, 0.15) is 17.1 Å². The Labute approximate surface area is 239 Å². The van der Waals surface area contributed by atoms with E-state index in [9.17, 15) is 23.1 Å². The quantitative estimate of drug-likeness (QED) is 0.314. The molecule has 10 nitrogen and oxygen atoms in total. The number of sulfonamides is 1. The van der Waals surface area contributed by atoms with E-state index in [-0.39, 0.29) is 39.9 Å². The van der Waals surface area contributed by atoms with Crippen LogP contribution in [-0.2, 0) is 21.4 Å². The first-order chi connectivity index (χ1) is 19.6. The van der Waals surface area contributed by atoms with E-state index in [0.29, 0.717) is 23.3 Å². The van der Waals surface area contributed by atoms with Gasteiger partial charge < -0.3 is 9.63 Å². The average molecular weight is 579 g/mol. The summed E-state index contributed by atoms with van der Waals surface area (Å²) in [4.78, 5) is 32.2. The summed E-state index contributed by atoms with van der Waals surface area (Å²) in [5.74, 6) is 0.0654. The van der Waals surface area contributed by atoms with Gasteiger partial charge in [0.25, 0.3) is 15.9 Å². The van der Waals surface area contributed by atoms with E-state index in [1.54, 1.807) is 49.1 Å². The van der Waals surface area contributed by atoms with Gasteiger partial charge in [-0.25, -0.2) is 13.2 Å². The molecule has 1 amide bonds. The monoisotopic (exact) mass is 578 g/mol. The van der Waals surface area contributed by atoms with Crippen LogP contribution in [0.4, 0.5) is 5.82 Å². The number of aromatic nitrogens is 1. The molecular weight excluding hydrogens is 544 g/mol. The summed E-state index contributed by atoms with van der Waals surface area (Å²) in [5.41, 5.74) is 0.866. The van der Waals surface area contributed by atoms with Crippen molar-refractivity contribution >= 4 is 33.6 Å². The third-order valence-corrected chi connectivity index (χ3v) is 9.37. The van der Waals surface area contributed by atoms with Crippen LogP contribution < -0.4 is 4.72 Å². The lowest BCUT2D eigenvalue weighted by Crippen LogP contribution is -2.40. The molecule has 2 aliphatic rings. The minimum atomic E-state index is -4.26. The number of aryl methyl sites for hydroxylation is 1. The number of nitrogens with zero attached hydrogens (tertiary/aromatic N) is 3. The van der Waals surface area contributed by atoms with E-state index in [1.807, 2.05) is 0 Å². The number of rotatable bonds is 10. The van der Waals surface area contributed by atoms with Gasteiger partial charge in [-0.2, -0.15) is 0 Å². The van der Waals surface area contributed by atoms with Crippen molar-refractivity contribution < 1.29 is 27.6 Å². The fourth-order valence-corrected chi connectivity index (χ4v) is 6.92. The summed E-state index contributed by atoms with van der Waals surface area (Å²) < 4.78 is 35.4. The molecule has 216 valence electrons. The number of carboxylic acids is 1. The van der Waals surface area contributed by atoms with E-state index in [1.165, 1.54) is 12.1 Å². The predicted molar refractivity (Wildman–Crippen MR) is 154 cm³/mol. The zero-order valence-corrected chi connectivity index (χ0v) is 24.3. The fourth-order valence-electron chi connectivity index (χ4n) is 5.59. The SMILES string of the molecule is CCCCC1=NC2(CCCC2)C(=O)N1Cc1ccc(-c2ccccc2C(=O)O)c(S(=O)(=O)Nc2noc(C)c2C)c1. The number of hydrogen-bond donors (Lipinski definition) is 2. The van der Waals surface area contributed by atoms with E-state index < -0.39 is 21.5 Å². The Morgan fingerprint density at radius 3 is 2.51 bits per heavy atom. The molecule has 0 bridgehead atoms. The Kier molecular flexibility index (Phi) is 7.74. The van der Waals surface area contributed by atoms with Crippen LogP contribution >= 0.6 is 0 Å². The second kappa shape index (κ2) is 11.1. The summed E-state index contributed by atoms with van der Waals surface area (Å²) in [6.07, 6.45) is 5.88. The maximum atomic E-state index is 13.9. The molecule has 1 aliphatic carbocycles. The van der Waals surface area contributed by atoms with Crippen LogP contribution in [0.5, 0.6) is 0 Å². The largest absolute Gasteiger partial charge is 0.478 e. The highest BCUT2D eigenvalue weighted by atomic mass is 32.2. The van der Waals surface area contributed by atoms with Crippen molar-refractivity contribution in [3.05, 3.63) is 64.9 Å². The number of amidine groups is 1. The van der Waals surface area contributed by atoms with Crippen molar-refractivity contribution in [2.45, 2.75) is 82.7 Å². The first-order valence-corrected chi connectivity index (χ1v) is 15.4. The van der Waals surface area contributed by atoms with Gasteiger partial charge >= 0.3 is 5.97 Å². The average Bonchev–Trinajstić information content (AvgIpc) is 3.63. The lowest BCUT2D eigenvalue weighted by atomic mass is 9.97. The molecule has 0 unspecified atom stereocenters. The third-order valence-electron chi connectivity index (χ3n) is 7.99. The van der Waals surface area contributed by atoms with Gasteiger partial charge in [0.2, 0.25) is 0 Å². The van der Waals surface area contributed by atoms with Gasteiger partial charge in [0, 0.05) is 17.5 Å². The van der Waals surface area contributed by atoms with Crippen LogP contribution in [0.1, 0.15) is 79.1 Å². The standard InChI is InChI=1S/C30H34N4O6S/c1-4-5-12-26-31-30(15-8-9-16-30)29(37)34(26)18-21-13-14-23(22-10-6-7-11-24(22)28(35)36)25(17-21)41(38,39)33-27-19(2)20(3)40-32-27/h6-7,10-11,13-14,17H,4-5,8-9,12,15-16,18H2,1-3H3,(H,32,33)(H,35,36). The highest BCUT2D eigenvalue weighted by Crippen LogP contribution is 2.40. The number of carboxylic acid groups (broad SMARTS) is 1. The van der Waals surface area contributed by atoms with Gasteiger partial charge in [0.15, 0.2) is 5.82 Å². The number of nitrogens with one attached hydrogen (secondary N) is 1. The zero-order chi connectivity index (χ0) is 29.4. The molecule has 0 radical (unpaired) electrons. The minimum Gasteiger partial charge on any atom is -0.478 e. The summed E-state index contributed by atoms with van der Waals surface area (Å²) in [6.45, 7) is 5.62. The molecule has 1 saturated carbocycles. The van der Waals surface area contributed by atoms with Crippen molar-refractivity contribution in [1.29, 1.82) is 0 Å². The molecule has 2 aromatic carbocycles. The van der Waals surface area contributed by atoms with Crippen LogP contribution in [0.15, 0.2) is 56.9 Å². The molecule has 0 atom stereocenters. The van der Waals surface area contributed by atoms with E-state index >= 15 is 0 Å². The summed E-state index contributed by atoms with van der Waals surface area (Å²) in [5, 5.41) is 13.7. The summed E-state index contributed by atoms with van der Waals surface area (Å²) in [6, 6.07) is 11.1. The van der Waals surface area contributed by atoms with Crippen LogP contribution in [0.25, 0.3) is 11.1 Å². The molecule has 0 saturated heterocycles. The summed E-state index contributed by atoms with van der Waals surface area (Å²) >= 11 is 0. The molecule has 1 aliphatic heterocycles. The van der Waals surface area contributed by atoms with Crippen molar-refractivity contribution in [1.82, 2.24) is 10.1 Å². The number of anilines is 1. The Balaban J connectivity index is 1.58. The maximum Gasteiger partial charge on any atom is 0.336 e. The highest BCUT2D eigenvalue weighted by Gasteiger charge is 2.49. The van der Waals surface area contributed by atoms with Gasteiger partial charge in [-0.15, -0.1) is 0 Å². The molecule has 11 heteroatoms. The number of hydrogen-bond acceptors (Lipinski definition) is 7. The van der Waals surface area contributed by atoms with Gasteiger partial charge in [-0.3, -0.25) is 19.4 Å². The van der Waals surface area contributed by atoms with E-state index in [4.69, 9.17) is 9.52 Å². The first kappa shape index (κ1) is 28.5. The van der Waals surface area contributed by atoms with Crippen LogP contribution in [0.3, 0.4) is 0 Å². The molecule has 41 heavy (non-hydrogen) atoms. The molecular formula is C30H34N4O6S.